The maximum atomic E-state index is 5.89. The molecule has 0 aliphatic rings. The topological polar surface area (TPSA) is 99.9 Å². The number of aromatic nitrogens is 5. The van der Waals surface area contributed by atoms with Gasteiger partial charge in [-0.05, 0) is 59.7 Å². The molecule has 68 heavy (non-hydrogen) atoms. The standard InChI is InChI=1S/C56H60N7O5/c1-60(46-26-22-43(23-27-46)56-49-14-6-10-18-53(49)62(3)54-19-11-7-15-50(54)56)29-32-65-35-36-66-33-30-63-40-45(58-59-63)41-68-39-38-67-37-34-64-31-28-57-44-24-20-42(21-25-44)55-47-12-4-8-16-51(47)61(2)52-17-9-5-13-48(52)55/h4-27,40H,28-39,41H2,1-3H3/q+1/p+1. The summed E-state index contributed by atoms with van der Waals surface area (Å²) in [5, 5.41) is 16.9. The molecule has 3 aromatic heterocycles. The fourth-order valence-electron chi connectivity index (χ4n) is 8.93. The molecule has 12 nitrogen and oxygen atoms in total. The molecule has 0 atom stereocenters. The molecule has 0 bridgehead atoms. The van der Waals surface area contributed by atoms with Crippen LogP contribution in [0, 0.1) is 0 Å². The minimum absolute atomic E-state index is 0.372. The van der Waals surface area contributed by atoms with E-state index in [-0.39, 0.29) is 0 Å². The Kier molecular flexibility index (Phi) is 15.5. The van der Waals surface area contributed by atoms with Gasteiger partial charge in [0.2, 0.25) is 22.1 Å². The number of likely N-dealkylation sites (N-methyl/N-ethyl adjacent to an activating group) is 1. The van der Waals surface area contributed by atoms with Crippen molar-refractivity contribution >= 4 is 55.0 Å². The van der Waals surface area contributed by atoms with Gasteiger partial charge in [-0.15, -0.1) is 5.10 Å². The van der Waals surface area contributed by atoms with E-state index in [4.69, 9.17) is 23.7 Å². The summed E-state index contributed by atoms with van der Waals surface area (Å²) in [7, 11) is 6.37. The number of anilines is 2. The molecule has 1 N–H and O–H groups in total. The maximum Gasteiger partial charge on any atom is 0.213 e. The van der Waals surface area contributed by atoms with Crippen molar-refractivity contribution in [3.05, 3.63) is 157 Å². The minimum atomic E-state index is 0.372. The zero-order chi connectivity index (χ0) is 46.5. The summed E-state index contributed by atoms with van der Waals surface area (Å²) in [6.07, 6.45) is 1.89. The number of rotatable bonds is 24. The maximum absolute atomic E-state index is 5.89. The van der Waals surface area contributed by atoms with Crippen molar-refractivity contribution in [2.24, 2.45) is 14.1 Å². The first kappa shape index (κ1) is 46.3. The van der Waals surface area contributed by atoms with E-state index in [1.165, 1.54) is 65.9 Å². The number of pyridine rings is 2. The lowest BCUT2D eigenvalue weighted by atomic mass is 9.95. The average molecular weight is 912 g/mol. The molecule has 9 rings (SSSR count). The largest absolute Gasteiger partial charge is 0.383 e. The molecular formula is C56H61N7O5+2. The average Bonchev–Trinajstić information content (AvgIpc) is 3.84. The van der Waals surface area contributed by atoms with Crippen molar-refractivity contribution in [1.82, 2.24) is 15.0 Å². The van der Waals surface area contributed by atoms with Crippen LogP contribution in [0.5, 0.6) is 0 Å². The molecule has 0 fully saturated rings. The van der Waals surface area contributed by atoms with Crippen LogP contribution in [0.1, 0.15) is 5.69 Å². The number of nitrogens with zero attached hydrogens (tertiary/aromatic N) is 6. The molecule has 3 heterocycles. The summed E-state index contributed by atoms with van der Waals surface area (Å²) in [4.78, 5) is 2.22. The van der Waals surface area contributed by atoms with E-state index < -0.39 is 0 Å². The fraction of sp³-hybridized carbons (Fsp3) is 0.286. The fourth-order valence-corrected chi connectivity index (χ4v) is 8.93. The van der Waals surface area contributed by atoms with Crippen LogP contribution in [0.2, 0.25) is 0 Å². The van der Waals surface area contributed by atoms with Gasteiger partial charge < -0.3 is 33.9 Å². The van der Waals surface area contributed by atoms with Crippen LogP contribution >= 0.6 is 0 Å². The van der Waals surface area contributed by atoms with Crippen molar-refractivity contribution in [2.75, 3.05) is 89.8 Å². The summed E-state index contributed by atoms with van der Waals surface area (Å²) < 4.78 is 35.2. The third-order valence-corrected chi connectivity index (χ3v) is 12.5. The number of benzene rings is 6. The van der Waals surface area contributed by atoms with E-state index in [9.17, 15) is 0 Å². The third-order valence-electron chi connectivity index (χ3n) is 12.5. The van der Waals surface area contributed by atoms with Gasteiger partial charge in [-0.1, -0.05) is 78.0 Å². The minimum Gasteiger partial charge on any atom is -0.383 e. The van der Waals surface area contributed by atoms with Crippen LogP contribution in [-0.2, 0) is 50.9 Å². The molecule has 0 saturated carbocycles. The predicted octanol–water partition coefficient (Wildman–Crippen LogP) is 8.71. The SMILES string of the molecule is CN(CCOCCOCCn1cc(COCCOCCOCCNc2ccc(-c3c4ccccc4[n+](C)c4ccccc34)cc2)nn1)c1ccc(-c2c3ccccc3[n+](C)c3ccccc23)cc1. The van der Waals surface area contributed by atoms with Gasteiger partial charge in [0.25, 0.3) is 0 Å². The van der Waals surface area contributed by atoms with Gasteiger partial charge in [0.15, 0.2) is 0 Å². The molecule has 0 amide bonds. The zero-order valence-electron chi connectivity index (χ0n) is 39.4. The van der Waals surface area contributed by atoms with Gasteiger partial charge in [-0.2, -0.15) is 9.13 Å². The molecule has 0 spiro atoms. The van der Waals surface area contributed by atoms with Crippen LogP contribution in [0.3, 0.4) is 0 Å². The lowest BCUT2D eigenvalue weighted by Crippen LogP contribution is -2.30. The highest BCUT2D eigenvalue weighted by molar-refractivity contribution is 6.08. The molecule has 6 aromatic carbocycles. The first-order valence-electron chi connectivity index (χ1n) is 23.6. The summed E-state index contributed by atoms with van der Waals surface area (Å²) in [5.41, 5.74) is 12.8. The Morgan fingerprint density at radius 2 is 0.941 bits per heavy atom. The van der Waals surface area contributed by atoms with Gasteiger partial charge in [0.1, 0.15) is 19.8 Å². The molecule has 0 unspecified atom stereocenters. The smallest absolute Gasteiger partial charge is 0.213 e. The van der Waals surface area contributed by atoms with Crippen LogP contribution in [0.25, 0.3) is 65.9 Å². The summed E-state index contributed by atoms with van der Waals surface area (Å²) >= 11 is 0. The Morgan fingerprint density at radius 1 is 0.500 bits per heavy atom. The van der Waals surface area contributed by atoms with Gasteiger partial charge in [0.05, 0.1) is 100 Å². The second-order valence-electron chi connectivity index (χ2n) is 16.9. The number of ether oxygens (including phenoxy) is 5. The van der Waals surface area contributed by atoms with Gasteiger partial charge in [-0.3, -0.25) is 0 Å². The van der Waals surface area contributed by atoms with Crippen molar-refractivity contribution in [1.29, 1.82) is 0 Å². The lowest BCUT2D eigenvalue weighted by Gasteiger charge is -2.20. The number of para-hydroxylation sites is 4. The molecule has 12 heteroatoms. The van der Waals surface area contributed by atoms with Crippen LogP contribution < -0.4 is 19.4 Å². The van der Waals surface area contributed by atoms with Gasteiger partial charge in [0, 0.05) is 66.9 Å². The van der Waals surface area contributed by atoms with E-state index in [1.807, 2.05) is 6.20 Å². The quantitative estimate of drug-likeness (QED) is 0.0363. The van der Waals surface area contributed by atoms with E-state index in [2.05, 4.69) is 196 Å². The summed E-state index contributed by atoms with van der Waals surface area (Å²) in [6.45, 7) is 7.19. The first-order chi connectivity index (χ1) is 33.5. The van der Waals surface area contributed by atoms with E-state index in [0.717, 1.165) is 23.6 Å². The Labute approximate surface area is 398 Å². The predicted molar refractivity (Wildman–Crippen MR) is 271 cm³/mol. The second-order valence-corrected chi connectivity index (χ2v) is 16.9. The normalized spacial score (nSPS) is 11.6. The van der Waals surface area contributed by atoms with E-state index in [1.54, 1.807) is 4.68 Å². The molecule has 348 valence electrons. The number of hydrogen-bond donors (Lipinski definition) is 1. The van der Waals surface area contributed by atoms with E-state index in [0.29, 0.717) is 79.2 Å². The van der Waals surface area contributed by atoms with Crippen molar-refractivity contribution in [3.63, 3.8) is 0 Å². The molecule has 9 aromatic rings. The molecular weight excluding hydrogens is 851 g/mol. The molecule has 0 radical (unpaired) electrons. The number of aryl methyl sites for hydroxylation is 2. The highest BCUT2D eigenvalue weighted by atomic mass is 16.5. The second kappa shape index (κ2) is 22.8. The first-order valence-corrected chi connectivity index (χ1v) is 23.6. The highest BCUT2D eigenvalue weighted by Gasteiger charge is 2.20. The van der Waals surface area contributed by atoms with Crippen molar-refractivity contribution in [3.8, 4) is 22.3 Å². The number of hydrogen-bond acceptors (Lipinski definition) is 9. The summed E-state index contributed by atoms with van der Waals surface area (Å²) in [5.74, 6) is 0. The van der Waals surface area contributed by atoms with Gasteiger partial charge in [-0.25, -0.2) is 4.68 Å². The Balaban J connectivity index is 0.591. The Morgan fingerprint density at radius 3 is 1.47 bits per heavy atom. The van der Waals surface area contributed by atoms with Crippen LogP contribution in [0.15, 0.2) is 152 Å². The Bertz CT molecular complexity index is 2950. The lowest BCUT2D eigenvalue weighted by molar-refractivity contribution is -0.617. The monoisotopic (exact) mass is 911 g/mol. The van der Waals surface area contributed by atoms with Crippen LogP contribution in [-0.4, -0.2) is 94.6 Å². The van der Waals surface area contributed by atoms with Crippen LogP contribution in [0.4, 0.5) is 11.4 Å². The third kappa shape index (κ3) is 11.0. The van der Waals surface area contributed by atoms with Crippen molar-refractivity contribution in [2.45, 2.75) is 13.2 Å². The Hall–Kier alpha value is -6.80. The number of nitrogens with one attached hydrogen (secondary N) is 1. The zero-order valence-corrected chi connectivity index (χ0v) is 39.4. The summed E-state index contributed by atoms with van der Waals surface area (Å²) in [6, 6.07) is 52.0. The van der Waals surface area contributed by atoms with Gasteiger partial charge >= 0.3 is 0 Å². The number of fused-ring (bicyclic) bond motifs is 4. The molecule has 0 aliphatic heterocycles. The van der Waals surface area contributed by atoms with Crippen molar-refractivity contribution < 1.29 is 32.8 Å². The highest BCUT2D eigenvalue weighted by Crippen LogP contribution is 2.36. The molecule has 0 aliphatic carbocycles. The van der Waals surface area contributed by atoms with E-state index >= 15 is 0 Å². The molecule has 0 saturated heterocycles.